The van der Waals surface area contributed by atoms with Gasteiger partial charge in [0, 0.05) is 0 Å². The molecule has 0 amide bonds. The van der Waals surface area contributed by atoms with Crippen LogP contribution in [0, 0.1) is 38.5 Å². The third-order valence-electron chi connectivity index (χ3n) is 12.2. The summed E-state index contributed by atoms with van der Waals surface area (Å²) in [6, 6.07) is 37.2. The summed E-state index contributed by atoms with van der Waals surface area (Å²) in [5.41, 5.74) is 15.3. The van der Waals surface area contributed by atoms with Crippen molar-refractivity contribution in [3.05, 3.63) is 130 Å². The number of fused-ring (bicyclic) bond motifs is 2. The number of aryl methyl sites for hydroxylation is 4. The van der Waals surface area contributed by atoms with E-state index in [4.69, 9.17) is 0 Å². The van der Waals surface area contributed by atoms with Crippen LogP contribution in [0.3, 0.4) is 0 Å². The normalized spacial score (nSPS) is 14.9. The number of hydrogen-bond acceptors (Lipinski definition) is 0. The molecule has 2 aliphatic carbocycles. The molecule has 0 nitrogen and oxygen atoms in total. The Morgan fingerprint density at radius 1 is 0.554 bits per heavy atom. The Morgan fingerprint density at radius 2 is 0.893 bits per heavy atom. The first-order valence-electron chi connectivity index (χ1n) is 21.0. The molecule has 0 aliphatic heterocycles. The third kappa shape index (κ3) is 11.5. The van der Waals surface area contributed by atoms with Crippen molar-refractivity contribution < 1.29 is 48.1 Å². The predicted octanol–water partition coefficient (Wildman–Crippen LogP) is 9.50. The number of benzene rings is 4. The van der Waals surface area contributed by atoms with Crippen LogP contribution in [-0.4, -0.2) is 5.43 Å². The minimum Gasteiger partial charge on any atom is -1.00 e. The molecule has 0 spiro atoms. The molecule has 0 bridgehead atoms. The van der Waals surface area contributed by atoms with E-state index in [-0.39, 0.29) is 30.2 Å². The van der Waals surface area contributed by atoms with Crippen molar-refractivity contribution in [2.75, 3.05) is 0 Å². The molecule has 0 aromatic heterocycles. The first-order valence-corrected chi connectivity index (χ1v) is 27.1. The van der Waals surface area contributed by atoms with Gasteiger partial charge in [-0.25, -0.2) is 0 Å². The molecule has 0 saturated heterocycles. The van der Waals surface area contributed by atoms with Gasteiger partial charge in [0.2, 0.25) is 0 Å². The maximum Gasteiger partial charge on any atom is -1.00 e. The minimum absolute atomic E-state index is 0. The van der Waals surface area contributed by atoms with E-state index in [1.165, 1.54) is 143 Å². The maximum absolute atomic E-state index is 2.47. The fourth-order valence-electron chi connectivity index (χ4n) is 9.87. The van der Waals surface area contributed by atoms with Crippen LogP contribution in [0.4, 0.5) is 0 Å². The van der Waals surface area contributed by atoms with E-state index < -0.39 is 0 Å². The zero-order valence-electron chi connectivity index (χ0n) is 35.5. The smallest absolute Gasteiger partial charge is 1.00 e. The Bertz CT molecular complexity index is 2010. The van der Waals surface area contributed by atoms with Crippen LogP contribution < -0.4 is 24.8 Å². The van der Waals surface area contributed by atoms with E-state index in [1.807, 2.05) is 0 Å². The summed E-state index contributed by atoms with van der Waals surface area (Å²) in [4.78, 5) is 0. The molecule has 2 saturated carbocycles. The molecule has 56 heavy (non-hydrogen) atoms. The Hall–Kier alpha value is -2.22. The second-order valence-electron chi connectivity index (χ2n) is 17.7. The summed E-state index contributed by atoms with van der Waals surface area (Å²) in [6.45, 7) is 18.1. The van der Waals surface area contributed by atoms with Crippen molar-refractivity contribution in [2.45, 2.75) is 132 Å². The van der Waals surface area contributed by atoms with Gasteiger partial charge < -0.3 is 24.8 Å². The molecule has 8 rings (SSSR count). The van der Waals surface area contributed by atoms with Gasteiger partial charge in [-0.05, 0) is 101 Å². The first-order chi connectivity index (χ1) is 25.9. The van der Waals surface area contributed by atoms with Crippen molar-refractivity contribution in [2.24, 2.45) is 10.8 Å². The zero-order chi connectivity index (χ0) is 38.5. The molecule has 4 heteroatoms. The van der Waals surface area contributed by atoms with Crippen molar-refractivity contribution in [3.8, 4) is 22.3 Å². The Morgan fingerprint density at radius 3 is 1.18 bits per heavy atom. The SMILES string of the molecule is CCCC1(Cc2cc3c(-c4cc(C)cc(C)c4)cccc3[cH-]2)CCC1.CCCC1(Cc2cc3c(-c4cc(C)cc(C)c4)cccc3[cH-]2)CCC1.C[Si](C)=[Zr+2].[Cl-].[Cl-]. The average molecular weight is 879 g/mol. The second kappa shape index (κ2) is 20.7. The summed E-state index contributed by atoms with van der Waals surface area (Å²) in [7, 11) is 0. The Labute approximate surface area is 367 Å². The molecule has 0 atom stereocenters. The molecule has 2 fully saturated rings. The molecular formula is C52H64Cl2SiZr-2. The van der Waals surface area contributed by atoms with E-state index in [2.05, 4.69) is 152 Å². The van der Waals surface area contributed by atoms with Gasteiger partial charge in [0.05, 0.1) is 0 Å². The molecule has 0 unspecified atom stereocenters. The summed E-state index contributed by atoms with van der Waals surface area (Å²) >= 11 is 1.74. The van der Waals surface area contributed by atoms with Gasteiger partial charge in [-0.15, -0.1) is 69.1 Å². The van der Waals surface area contributed by atoms with Crippen molar-refractivity contribution in [1.82, 2.24) is 0 Å². The molecule has 6 aromatic carbocycles. The molecule has 6 aromatic rings. The fourth-order valence-corrected chi connectivity index (χ4v) is 9.87. The molecular weight excluding hydrogens is 815 g/mol. The van der Waals surface area contributed by atoms with E-state index in [0.29, 0.717) is 10.8 Å². The summed E-state index contributed by atoms with van der Waals surface area (Å²) in [5, 5.41) is 5.65. The predicted molar refractivity (Wildman–Crippen MR) is 236 cm³/mol. The maximum atomic E-state index is 2.47. The van der Waals surface area contributed by atoms with Crippen LogP contribution in [0.25, 0.3) is 43.8 Å². The monoisotopic (exact) mass is 876 g/mol. The topological polar surface area (TPSA) is 0 Å². The van der Waals surface area contributed by atoms with Crippen LogP contribution >= 0.6 is 0 Å². The first kappa shape index (κ1) is 46.5. The molecule has 0 N–H and O–H groups in total. The van der Waals surface area contributed by atoms with Gasteiger partial charge in [-0.2, -0.15) is 12.1 Å². The van der Waals surface area contributed by atoms with Crippen molar-refractivity contribution >= 4 is 27.0 Å². The Balaban J connectivity index is 0.000000220. The van der Waals surface area contributed by atoms with Gasteiger partial charge >= 0.3 is 41.9 Å². The van der Waals surface area contributed by atoms with Crippen LogP contribution in [0.15, 0.2) is 97.1 Å². The molecule has 0 radical (unpaired) electrons. The summed E-state index contributed by atoms with van der Waals surface area (Å²) < 4.78 is 0. The molecule has 0 heterocycles. The van der Waals surface area contributed by atoms with Gasteiger partial charge in [-0.3, -0.25) is 0 Å². The van der Waals surface area contributed by atoms with Gasteiger partial charge in [0.25, 0.3) is 0 Å². The minimum atomic E-state index is 0. The van der Waals surface area contributed by atoms with Crippen LogP contribution in [0.5, 0.6) is 0 Å². The molecule has 2 aliphatic rings. The number of halogens is 2. The van der Waals surface area contributed by atoms with Gasteiger partial charge in [0.1, 0.15) is 0 Å². The fraction of sp³-hybridized carbons (Fsp3) is 0.423. The third-order valence-corrected chi connectivity index (χ3v) is 12.2. The zero-order valence-corrected chi connectivity index (χ0v) is 40.4. The molecule has 296 valence electrons. The van der Waals surface area contributed by atoms with E-state index in [9.17, 15) is 0 Å². The van der Waals surface area contributed by atoms with E-state index >= 15 is 0 Å². The van der Waals surface area contributed by atoms with Crippen LogP contribution in [0.2, 0.25) is 13.1 Å². The van der Waals surface area contributed by atoms with E-state index in [1.54, 1.807) is 34.5 Å². The standard InChI is InChI=1S/2C25H29.C2H6Si.2ClH.Zr/c2*1-4-9-25(10-6-11-25)17-20-15-21-7-5-8-23(24(21)16-20)22-13-18(2)12-19(3)14-22;1-3-2;;;/h2*5,7-8,12-16H,4,6,9-11,17H2,1-3H3;1-2H3;2*1H;/q2*-1;;;;+2/p-2. The van der Waals surface area contributed by atoms with Gasteiger partial charge in [-0.1, -0.05) is 121 Å². The number of hydrogen-bond donors (Lipinski definition) is 0. The van der Waals surface area contributed by atoms with Crippen molar-refractivity contribution in [1.29, 1.82) is 0 Å². The van der Waals surface area contributed by atoms with Crippen LogP contribution in [-0.2, 0) is 36.2 Å². The summed E-state index contributed by atoms with van der Waals surface area (Å²) in [6.07, 6.45) is 16.5. The average Bonchev–Trinajstić information content (AvgIpc) is 3.68. The van der Waals surface area contributed by atoms with E-state index in [0.717, 1.165) is 0 Å². The second-order valence-corrected chi connectivity index (χ2v) is 27.0. The van der Waals surface area contributed by atoms with Crippen LogP contribution in [0.1, 0.15) is 111 Å². The Kier molecular flexibility index (Phi) is 17.1. The number of rotatable bonds is 10. The van der Waals surface area contributed by atoms with Gasteiger partial charge in [0.15, 0.2) is 0 Å². The summed E-state index contributed by atoms with van der Waals surface area (Å²) in [5.74, 6) is 0. The largest absolute Gasteiger partial charge is 1.00 e. The quantitative estimate of drug-likeness (QED) is 0.0951. The van der Waals surface area contributed by atoms with Crippen molar-refractivity contribution in [3.63, 3.8) is 0 Å².